The zero-order valence-corrected chi connectivity index (χ0v) is 15.7. The van der Waals surface area contributed by atoms with E-state index < -0.39 is 35.2 Å². The molecule has 0 saturated carbocycles. The molecule has 2 aliphatic rings. The minimum absolute atomic E-state index is 0.333. The number of halogens is 1. The lowest BCUT2D eigenvalue weighted by atomic mass is 9.78. The smallest absolute Gasteiger partial charge is 0.368 e. The summed E-state index contributed by atoms with van der Waals surface area (Å²) in [7, 11) is 2.72. The zero-order chi connectivity index (χ0) is 19.1. The molecule has 0 aromatic heterocycles. The van der Waals surface area contributed by atoms with Gasteiger partial charge in [0.05, 0.1) is 7.11 Å². The summed E-state index contributed by atoms with van der Waals surface area (Å²) >= 11 is 1.55. The molecule has 2 aliphatic heterocycles. The fraction of sp³-hybridized carbons (Fsp3) is 0.500. The molecule has 3 rings (SSSR count). The lowest BCUT2D eigenvalue weighted by Crippen LogP contribution is -2.98. The molecule has 0 unspecified atom stereocenters. The van der Waals surface area contributed by atoms with Crippen molar-refractivity contribution in [1.29, 1.82) is 0 Å². The number of rotatable bonds is 5. The average molecular weight is 381 g/mol. The zero-order valence-electron chi connectivity index (χ0n) is 14.9. The van der Waals surface area contributed by atoms with Gasteiger partial charge in [0, 0.05) is 19.0 Å². The summed E-state index contributed by atoms with van der Waals surface area (Å²) in [6.45, 7) is 0. The maximum absolute atomic E-state index is 13.8. The first kappa shape index (κ1) is 18.8. The van der Waals surface area contributed by atoms with Crippen LogP contribution in [0.4, 0.5) is 4.39 Å². The van der Waals surface area contributed by atoms with Crippen LogP contribution in [-0.2, 0) is 19.1 Å². The minimum atomic E-state index is -1.18. The second-order valence-corrected chi connectivity index (χ2v) is 7.75. The molecule has 0 radical (unpaired) electrons. The number of quaternary nitrogens is 1. The van der Waals surface area contributed by atoms with E-state index in [0.717, 1.165) is 4.90 Å². The van der Waals surface area contributed by atoms with Gasteiger partial charge in [0.2, 0.25) is 17.4 Å². The van der Waals surface area contributed by atoms with Crippen molar-refractivity contribution in [1.82, 2.24) is 4.90 Å². The van der Waals surface area contributed by atoms with Gasteiger partial charge in [-0.3, -0.25) is 14.5 Å². The Bertz CT molecular complexity index is 758. The number of esters is 1. The number of methoxy groups -OCH3 is 1. The molecule has 6 nitrogen and oxygen atoms in total. The summed E-state index contributed by atoms with van der Waals surface area (Å²) in [6, 6.07) is 5.46. The van der Waals surface area contributed by atoms with Gasteiger partial charge < -0.3 is 10.1 Å². The van der Waals surface area contributed by atoms with Crippen LogP contribution in [0.1, 0.15) is 18.0 Å². The third kappa shape index (κ3) is 2.72. The minimum Gasteiger partial charge on any atom is -0.464 e. The van der Waals surface area contributed by atoms with E-state index >= 15 is 0 Å². The standard InChI is InChI=1S/C18H21FN2O4S/c1-21-15(22)12-13(16(21)23)18(7-8-26-3,17(24)25-2)20-14(12)10-5-4-6-11(19)9-10/h4-6,9,12-14,20H,7-8H2,1-3H3/p+1/t12-,13-,14+,18+/m0/s1. The Kier molecular flexibility index (Phi) is 5.07. The van der Waals surface area contributed by atoms with Crippen molar-refractivity contribution in [3.8, 4) is 0 Å². The normalized spacial score (nSPS) is 30.6. The van der Waals surface area contributed by atoms with E-state index in [1.165, 1.54) is 26.3 Å². The van der Waals surface area contributed by atoms with E-state index in [-0.39, 0.29) is 11.8 Å². The summed E-state index contributed by atoms with van der Waals surface area (Å²) in [5, 5.41) is 1.75. The lowest BCUT2D eigenvalue weighted by molar-refractivity contribution is -0.734. The Hall–Kier alpha value is -1.93. The topological polar surface area (TPSA) is 80.3 Å². The molecule has 2 amide bonds. The van der Waals surface area contributed by atoms with Crippen LogP contribution < -0.4 is 5.32 Å². The molecular formula is C18H22FN2O4S+. The Labute approximate surface area is 155 Å². The van der Waals surface area contributed by atoms with Crippen LogP contribution in [0.2, 0.25) is 0 Å². The van der Waals surface area contributed by atoms with Gasteiger partial charge in [-0.2, -0.15) is 11.8 Å². The van der Waals surface area contributed by atoms with E-state index in [1.54, 1.807) is 29.2 Å². The van der Waals surface area contributed by atoms with Gasteiger partial charge in [-0.1, -0.05) is 12.1 Å². The van der Waals surface area contributed by atoms with Gasteiger partial charge >= 0.3 is 5.97 Å². The number of imide groups is 1. The van der Waals surface area contributed by atoms with Crippen molar-refractivity contribution < 1.29 is 28.8 Å². The number of thioether (sulfide) groups is 1. The van der Waals surface area contributed by atoms with E-state index in [0.29, 0.717) is 17.7 Å². The first-order chi connectivity index (χ1) is 12.4. The largest absolute Gasteiger partial charge is 0.464 e. The third-order valence-electron chi connectivity index (χ3n) is 5.51. The highest BCUT2D eigenvalue weighted by molar-refractivity contribution is 7.98. The number of nitrogens with zero attached hydrogens (tertiary/aromatic N) is 1. The van der Waals surface area contributed by atoms with Crippen LogP contribution in [0, 0.1) is 17.7 Å². The molecule has 0 bridgehead atoms. The van der Waals surface area contributed by atoms with Crippen LogP contribution in [-0.4, -0.2) is 54.4 Å². The molecule has 4 atom stereocenters. The van der Waals surface area contributed by atoms with Crippen LogP contribution in [0.15, 0.2) is 24.3 Å². The van der Waals surface area contributed by atoms with E-state index in [2.05, 4.69) is 0 Å². The molecule has 2 fully saturated rings. The van der Waals surface area contributed by atoms with Crippen molar-refractivity contribution in [3.63, 3.8) is 0 Å². The predicted molar refractivity (Wildman–Crippen MR) is 93.6 cm³/mol. The number of ether oxygens (including phenoxy) is 1. The molecule has 2 N–H and O–H groups in total. The van der Waals surface area contributed by atoms with Crippen molar-refractivity contribution >= 4 is 29.5 Å². The number of likely N-dealkylation sites (tertiary alicyclic amines) is 1. The summed E-state index contributed by atoms with van der Waals surface area (Å²) in [5.41, 5.74) is -0.594. The van der Waals surface area contributed by atoms with Gasteiger partial charge in [-0.05, 0) is 24.1 Å². The Balaban J connectivity index is 2.13. The average Bonchev–Trinajstić information content (AvgIpc) is 3.10. The molecule has 8 heteroatoms. The maximum Gasteiger partial charge on any atom is 0.368 e. The Morgan fingerprint density at radius 1 is 1.38 bits per heavy atom. The molecule has 2 heterocycles. The maximum atomic E-state index is 13.8. The first-order valence-corrected chi connectivity index (χ1v) is 9.77. The third-order valence-corrected chi connectivity index (χ3v) is 6.12. The van der Waals surface area contributed by atoms with Gasteiger partial charge in [0.25, 0.3) is 0 Å². The highest BCUT2D eigenvalue weighted by Gasteiger charge is 2.71. The van der Waals surface area contributed by atoms with Crippen molar-refractivity contribution in [3.05, 3.63) is 35.6 Å². The molecule has 1 aromatic carbocycles. The summed E-state index contributed by atoms with van der Waals surface area (Å²) in [5.74, 6) is -2.53. The van der Waals surface area contributed by atoms with Gasteiger partial charge in [0.15, 0.2) is 0 Å². The number of fused-ring (bicyclic) bond motifs is 1. The second-order valence-electron chi connectivity index (χ2n) is 6.76. The molecule has 140 valence electrons. The van der Waals surface area contributed by atoms with Crippen LogP contribution in [0.25, 0.3) is 0 Å². The SMILES string of the molecule is COC(=O)[C@]1(CCSC)[NH2+][C@H](c2cccc(F)c2)[C@H]2C(=O)N(C)C(=O)[C@H]21. The van der Waals surface area contributed by atoms with Crippen molar-refractivity contribution in [2.24, 2.45) is 11.8 Å². The first-order valence-electron chi connectivity index (χ1n) is 8.37. The number of hydrogen-bond donors (Lipinski definition) is 1. The van der Waals surface area contributed by atoms with E-state index in [9.17, 15) is 18.8 Å². The lowest BCUT2D eigenvalue weighted by Gasteiger charge is -2.28. The quantitative estimate of drug-likeness (QED) is 0.588. The fourth-order valence-electron chi connectivity index (χ4n) is 4.28. The van der Waals surface area contributed by atoms with Crippen LogP contribution >= 0.6 is 11.8 Å². The number of nitrogens with two attached hydrogens (primary N) is 1. The second kappa shape index (κ2) is 7.00. The molecule has 2 saturated heterocycles. The highest BCUT2D eigenvalue weighted by atomic mass is 32.2. The molecular weight excluding hydrogens is 359 g/mol. The number of benzene rings is 1. The monoisotopic (exact) mass is 381 g/mol. The van der Waals surface area contributed by atoms with Crippen LogP contribution in [0.3, 0.4) is 0 Å². The predicted octanol–water partition coefficient (Wildman–Crippen LogP) is 0.340. The Morgan fingerprint density at radius 3 is 2.73 bits per heavy atom. The van der Waals surface area contributed by atoms with E-state index in [4.69, 9.17) is 4.74 Å². The number of carbonyl (C=O) groups excluding carboxylic acids is 3. The van der Waals surface area contributed by atoms with E-state index in [1.807, 2.05) is 6.26 Å². The van der Waals surface area contributed by atoms with Gasteiger partial charge in [-0.15, -0.1) is 0 Å². The number of hydrogen-bond acceptors (Lipinski definition) is 5. The van der Waals surface area contributed by atoms with Gasteiger partial charge in [-0.25, -0.2) is 9.18 Å². The summed E-state index contributed by atoms with van der Waals surface area (Å²) in [4.78, 5) is 39.5. The van der Waals surface area contributed by atoms with Crippen LogP contribution in [0.5, 0.6) is 0 Å². The fourth-order valence-corrected chi connectivity index (χ4v) is 4.82. The highest BCUT2D eigenvalue weighted by Crippen LogP contribution is 2.45. The molecule has 1 aromatic rings. The summed E-state index contributed by atoms with van der Waals surface area (Å²) in [6.07, 6.45) is 2.30. The van der Waals surface area contributed by atoms with Crippen molar-refractivity contribution in [2.75, 3.05) is 26.2 Å². The molecule has 0 spiro atoms. The van der Waals surface area contributed by atoms with Crippen molar-refractivity contribution in [2.45, 2.75) is 18.0 Å². The molecule has 26 heavy (non-hydrogen) atoms. The number of amides is 2. The molecule has 0 aliphatic carbocycles. The van der Waals surface area contributed by atoms with Gasteiger partial charge in [0.1, 0.15) is 23.7 Å². The summed E-state index contributed by atoms with van der Waals surface area (Å²) < 4.78 is 18.8. The number of carbonyl (C=O) groups is 3. The Morgan fingerprint density at radius 2 is 2.12 bits per heavy atom.